The third-order valence-corrected chi connectivity index (χ3v) is 2.04. The number of hydrogen-bond acceptors (Lipinski definition) is 5. The van der Waals surface area contributed by atoms with E-state index in [-0.39, 0.29) is 0 Å². The van der Waals surface area contributed by atoms with Gasteiger partial charge in [0.1, 0.15) is 10.4 Å². The molecule has 0 amide bonds. The summed E-state index contributed by atoms with van der Waals surface area (Å²) in [5.41, 5.74) is 6.39. The zero-order valence-corrected chi connectivity index (χ0v) is 9.27. The maximum atomic E-state index is 5.58. The number of aromatic nitrogens is 3. The van der Waals surface area contributed by atoms with Gasteiger partial charge in [-0.3, -0.25) is 4.98 Å². The van der Waals surface area contributed by atoms with Crippen LogP contribution in [-0.2, 0) is 0 Å². The van der Waals surface area contributed by atoms with Crippen molar-refractivity contribution in [3.8, 4) is 0 Å². The molecule has 0 aromatic carbocycles. The number of rotatable bonds is 2. The van der Waals surface area contributed by atoms with Crippen molar-refractivity contribution in [2.45, 2.75) is 0 Å². The topological polar surface area (TPSA) is 76.7 Å². The maximum absolute atomic E-state index is 5.58. The van der Waals surface area contributed by atoms with Crippen LogP contribution in [0.15, 0.2) is 35.2 Å². The Hall–Kier alpha value is -1.69. The first-order valence-electron chi connectivity index (χ1n) is 4.21. The molecule has 2 heterocycles. The molecule has 76 valence electrons. The van der Waals surface area contributed by atoms with Crippen molar-refractivity contribution in [1.29, 1.82) is 0 Å². The first kappa shape index (κ1) is 9.85. The van der Waals surface area contributed by atoms with E-state index in [9.17, 15) is 0 Å². The number of hydrogen-bond donors (Lipinski definition) is 2. The number of nitrogens with one attached hydrogen (secondary N) is 1. The summed E-state index contributed by atoms with van der Waals surface area (Å²) in [6.45, 7) is 0. The zero-order valence-electron chi connectivity index (χ0n) is 7.68. The van der Waals surface area contributed by atoms with Crippen LogP contribution in [0.3, 0.4) is 0 Å². The number of nitrogen functional groups attached to an aromatic ring is 1. The molecule has 2 aromatic rings. The first-order chi connectivity index (χ1) is 7.24. The van der Waals surface area contributed by atoms with Gasteiger partial charge in [-0.15, -0.1) is 0 Å². The fourth-order valence-corrected chi connectivity index (χ4v) is 1.46. The second-order valence-corrected chi connectivity index (χ2v) is 3.62. The molecule has 0 spiro atoms. The maximum Gasteiger partial charge on any atom is 0.230 e. The highest BCUT2D eigenvalue weighted by molar-refractivity contribution is 9.10. The largest absolute Gasteiger partial charge is 0.383 e. The van der Waals surface area contributed by atoms with Crippen LogP contribution in [-0.4, -0.2) is 15.0 Å². The minimum Gasteiger partial charge on any atom is -0.383 e. The average molecular weight is 266 g/mol. The van der Waals surface area contributed by atoms with Gasteiger partial charge in [0.15, 0.2) is 0 Å². The van der Waals surface area contributed by atoms with Gasteiger partial charge in [-0.1, -0.05) is 0 Å². The Balaban J connectivity index is 2.25. The molecule has 0 unspecified atom stereocenters. The molecule has 15 heavy (non-hydrogen) atoms. The third-order valence-electron chi connectivity index (χ3n) is 1.63. The Morgan fingerprint density at radius 3 is 2.87 bits per heavy atom. The molecule has 3 N–H and O–H groups in total. The summed E-state index contributed by atoms with van der Waals surface area (Å²) in [6.07, 6.45) is 3.38. The lowest BCUT2D eigenvalue weighted by atomic mass is 10.4. The van der Waals surface area contributed by atoms with E-state index < -0.39 is 0 Å². The molecule has 0 aliphatic carbocycles. The van der Waals surface area contributed by atoms with Crippen LogP contribution in [0.1, 0.15) is 0 Å². The summed E-state index contributed by atoms with van der Waals surface area (Å²) >= 11 is 3.24. The molecule has 2 aromatic heterocycles. The van der Waals surface area contributed by atoms with Crippen LogP contribution >= 0.6 is 15.9 Å². The van der Waals surface area contributed by atoms with Crippen LogP contribution in [0, 0.1) is 0 Å². The predicted molar refractivity (Wildman–Crippen MR) is 61.7 cm³/mol. The van der Waals surface area contributed by atoms with E-state index >= 15 is 0 Å². The molecule has 0 atom stereocenters. The molecule has 0 bridgehead atoms. The van der Waals surface area contributed by atoms with Crippen LogP contribution < -0.4 is 11.1 Å². The summed E-state index contributed by atoms with van der Waals surface area (Å²) in [4.78, 5) is 12.1. The second kappa shape index (κ2) is 4.22. The lowest BCUT2D eigenvalue weighted by Gasteiger charge is -2.04. The van der Waals surface area contributed by atoms with E-state index in [1.165, 1.54) is 0 Å². The Kier molecular flexibility index (Phi) is 2.77. The van der Waals surface area contributed by atoms with Gasteiger partial charge in [-0.2, -0.15) is 4.98 Å². The van der Waals surface area contributed by atoms with Crippen molar-refractivity contribution >= 4 is 33.4 Å². The molecule has 0 aliphatic heterocycles. The predicted octanol–water partition coefficient (Wildman–Crippen LogP) is 1.96. The Labute approximate surface area is 94.9 Å². The van der Waals surface area contributed by atoms with Crippen LogP contribution in [0.4, 0.5) is 17.5 Å². The van der Waals surface area contributed by atoms with E-state index in [1.807, 2.05) is 12.1 Å². The lowest BCUT2D eigenvalue weighted by Crippen LogP contribution is -2.00. The van der Waals surface area contributed by atoms with Gasteiger partial charge in [0.25, 0.3) is 0 Å². The monoisotopic (exact) mass is 265 g/mol. The minimum atomic E-state index is 0.406. The van der Waals surface area contributed by atoms with Crippen molar-refractivity contribution in [1.82, 2.24) is 15.0 Å². The second-order valence-electron chi connectivity index (χ2n) is 2.81. The van der Waals surface area contributed by atoms with Crippen molar-refractivity contribution in [2.75, 3.05) is 11.1 Å². The standard InChI is InChI=1S/C9H8BrN5/c10-7-4-8(11)15-9(14-7)13-6-2-1-3-12-5-6/h1-5H,(H3,11,13,14,15). The van der Waals surface area contributed by atoms with E-state index in [0.717, 1.165) is 5.69 Å². The average Bonchev–Trinajstić information content (AvgIpc) is 2.17. The van der Waals surface area contributed by atoms with E-state index in [4.69, 9.17) is 5.73 Å². The smallest absolute Gasteiger partial charge is 0.230 e. The van der Waals surface area contributed by atoms with Crippen LogP contribution in [0.25, 0.3) is 0 Å². The highest BCUT2D eigenvalue weighted by Crippen LogP contribution is 2.15. The SMILES string of the molecule is Nc1cc(Br)nc(Nc2cccnc2)n1. The van der Waals surface area contributed by atoms with Crippen LogP contribution in [0.2, 0.25) is 0 Å². The Morgan fingerprint density at radius 1 is 1.33 bits per heavy atom. The summed E-state index contributed by atoms with van der Waals surface area (Å²) in [6, 6.07) is 5.32. The summed E-state index contributed by atoms with van der Waals surface area (Å²) < 4.78 is 0.640. The molecule has 6 heteroatoms. The fourth-order valence-electron chi connectivity index (χ4n) is 1.06. The number of halogens is 1. The summed E-state index contributed by atoms with van der Waals surface area (Å²) in [5, 5.41) is 2.99. The van der Waals surface area contributed by atoms with Crippen molar-refractivity contribution < 1.29 is 0 Å². The quantitative estimate of drug-likeness (QED) is 0.812. The molecule has 5 nitrogen and oxygen atoms in total. The molecule has 2 rings (SSSR count). The molecule has 0 aliphatic rings. The zero-order chi connectivity index (χ0) is 10.7. The van der Waals surface area contributed by atoms with Crippen LogP contribution in [0.5, 0.6) is 0 Å². The lowest BCUT2D eigenvalue weighted by molar-refractivity contribution is 1.14. The van der Waals surface area contributed by atoms with Gasteiger partial charge >= 0.3 is 0 Å². The fraction of sp³-hybridized carbons (Fsp3) is 0. The van der Waals surface area contributed by atoms with Gasteiger partial charge in [0.05, 0.1) is 11.9 Å². The van der Waals surface area contributed by atoms with E-state index in [0.29, 0.717) is 16.4 Å². The van der Waals surface area contributed by atoms with Crippen molar-refractivity contribution in [2.24, 2.45) is 0 Å². The van der Waals surface area contributed by atoms with E-state index in [1.54, 1.807) is 18.5 Å². The minimum absolute atomic E-state index is 0.406. The van der Waals surface area contributed by atoms with Gasteiger partial charge in [-0.25, -0.2) is 4.98 Å². The first-order valence-corrected chi connectivity index (χ1v) is 5.00. The molecule has 0 radical (unpaired) electrons. The normalized spacial score (nSPS) is 9.93. The highest BCUT2D eigenvalue weighted by Gasteiger charge is 2.00. The molecular formula is C9H8BrN5. The Morgan fingerprint density at radius 2 is 2.20 bits per heavy atom. The number of pyridine rings is 1. The molecule has 0 saturated carbocycles. The van der Waals surface area contributed by atoms with E-state index in [2.05, 4.69) is 36.2 Å². The molecule has 0 saturated heterocycles. The summed E-state index contributed by atoms with van der Waals surface area (Å²) in [5.74, 6) is 0.846. The molecule has 0 fully saturated rings. The number of nitrogens with two attached hydrogens (primary N) is 1. The van der Waals surface area contributed by atoms with Gasteiger partial charge < -0.3 is 11.1 Å². The third kappa shape index (κ3) is 2.63. The van der Waals surface area contributed by atoms with Gasteiger partial charge in [0, 0.05) is 12.3 Å². The highest BCUT2D eigenvalue weighted by atomic mass is 79.9. The van der Waals surface area contributed by atoms with Gasteiger partial charge in [-0.05, 0) is 28.1 Å². The van der Waals surface area contributed by atoms with Crippen molar-refractivity contribution in [3.05, 3.63) is 35.2 Å². The number of anilines is 3. The van der Waals surface area contributed by atoms with Gasteiger partial charge in [0.2, 0.25) is 5.95 Å². The Bertz CT molecular complexity index is 439. The number of nitrogens with zero attached hydrogens (tertiary/aromatic N) is 3. The summed E-state index contributed by atoms with van der Waals surface area (Å²) in [7, 11) is 0. The van der Waals surface area contributed by atoms with Crippen molar-refractivity contribution in [3.63, 3.8) is 0 Å². The molecular weight excluding hydrogens is 258 g/mol.